The van der Waals surface area contributed by atoms with Crippen LogP contribution >= 0.6 is 23.1 Å². The minimum atomic E-state index is -0.415. The molecule has 172 valence electrons. The summed E-state index contributed by atoms with van der Waals surface area (Å²) in [5.74, 6) is -0.490. The second kappa shape index (κ2) is 9.60. The summed E-state index contributed by atoms with van der Waals surface area (Å²) in [6.45, 7) is 2.83. The SMILES string of the molecule is CSc1cccc(N2C[C@H](C(=O)N(Cc3ccccc3)c3nc4c(C)cccc4s3)CC2=O)c1. The number of para-hydroxylation sites is 1. The first kappa shape index (κ1) is 22.6. The van der Waals surface area contributed by atoms with E-state index in [9.17, 15) is 9.59 Å². The molecule has 1 aliphatic rings. The van der Waals surface area contributed by atoms with Crippen LogP contribution in [0.4, 0.5) is 10.8 Å². The van der Waals surface area contributed by atoms with Crippen molar-refractivity contribution in [1.82, 2.24) is 4.98 Å². The molecule has 4 aromatic rings. The number of hydrogen-bond donors (Lipinski definition) is 0. The van der Waals surface area contributed by atoms with E-state index in [-0.39, 0.29) is 18.2 Å². The van der Waals surface area contributed by atoms with Gasteiger partial charge in [-0.15, -0.1) is 11.8 Å². The fourth-order valence-electron chi connectivity index (χ4n) is 4.32. The molecule has 1 atom stereocenters. The molecule has 0 spiro atoms. The largest absolute Gasteiger partial charge is 0.312 e. The van der Waals surface area contributed by atoms with E-state index in [1.54, 1.807) is 21.6 Å². The van der Waals surface area contributed by atoms with Crippen LogP contribution in [0.25, 0.3) is 10.2 Å². The van der Waals surface area contributed by atoms with Crippen molar-refractivity contribution in [2.45, 2.75) is 24.8 Å². The number of fused-ring (bicyclic) bond motifs is 1. The summed E-state index contributed by atoms with van der Waals surface area (Å²) < 4.78 is 1.05. The molecule has 1 fully saturated rings. The number of thiazole rings is 1. The molecule has 1 aliphatic heterocycles. The van der Waals surface area contributed by atoms with Gasteiger partial charge in [-0.1, -0.05) is 59.9 Å². The Morgan fingerprint density at radius 1 is 1.12 bits per heavy atom. The minimum absolute atomic E-state index is 0.0172. The lowest BCUT2D eigenvalue weighted by atomic mass is 10.1. The molecule has 3 aromatic carbocycles. The van der Waals surface area contributed by atoms with Crippen molar-refractivity contribution < 1.29 is 9.59 Å². The normalized spacial score (nSPS) is 15.8. The predicted molar refractivity (Wildman–Crippen MR) is 141 cm³/mol. The van der Waals surface area contributed by atoms with E-state index >= 15 is 0 Å². The number of carbonyl (C=O) groups is 2. The number of aromatic nitrogens is 1. The number of hydrogen-bond acceptors (Lipinski definition) is 5. The topological polar surface area (TPSA) is 53.5 Å². The third-order valence-electron chi connectivity index (χ3n) is 6.13. The Hall–Kier alpha value is -3.16. The van der Waals surface area contributed by atoms with Crippen LogP contribution in [0.3, 0.4) is 0 Å². The highest BCUT2D eigenvalue weighted by Gasteiger charge is 2.38. The first-order valence-corrected chi connectivity index (χ1v) is 13.2. The fraction of sp³-hybridized carbons (Fsp3) is 0.222. The monoisotopic (exact) mass is 487 g/mol. The summed E-state index contributed by atoms with van der Waals surface area (Å²) in [6.07, 6.45) is 2.22. The van der Waals surface area contributed by atoms with E-state index in [1.165, 1.54) is 11.3 Å². The lowest BCUT2D eigenvalue weighted by Gasteiger charge is -2.23. The molecule has 2 heterocycles. The Labute approximate surface area is 207 Å². The smallest absolute Gasteiger partial charge is 0.234 e. The van der Waals surface area contributed by atoms with Gasteiger partial charge in [0.15, 0.2) is 5.13 Å². The van der Waals surface area contributed by atoms with Crippen molar-refractivity contribution in [3.05, 3.63) is 83.9 Å². The number of carbonyl (C=O) groups excluding carboxylic acids is 2. The number of aryl methyl sites for hydroxylation is 1. The predicted octanol–water partition coefficient (Wildman–Crippen LogP) is 5.91. The van der Waals surface area contributed by atoms with Gasteiger partial charge in [0, 0.05) is 23.5 Å². The van der Waals surface area contributed by atoms with E-state index in [2.05, 4.69) is 0 Å². The first-order valence-electron chi connectivity index (χ1n) is 11.2. The third-order valence-corrected chi connectivity index (χ3v) is 7.90. The quantitative estimate of drug-likeness (QED) is 0.317. The Morgan fingerprint density at radius 2 is 1.91 bits per heavy atom. The van der Waals surface area contributed by atoms with Crippen LogP contribution in [0.2, 0.25) is 0 Å². The van der Waals surface area contributed by atoms with Crippen molar-refractivity contribution in [1.29, 1.82) is 0 Å². The van der Waals surface area contributed by atoms with E-state index in [4.69, 9.17) is 4.98 Å². The van der Waals surface area contributed by atoms with E-state index in [0.717, 1.165) is 31.9 Å². The maximum Gasteiger partial charge on any atom is 0.234 e. The minimum Gasteiger partial charge on any atom is -0.312 e. The van der Waals surface area contributed by atoms with Crippen molar-refractivity contribution in [3.63, 3.8) is 0 Å². The van der Waals surface area contributed by atoms with Crippen molar-refractivity contribution in [2.24, 2.45) is 5.92 Å². The molecule has 5 nitrogen and oxygen atoms in total. The van der Waals surface area contributed by atoms with Crippen molar-refractivity contribution in [2.75, 3.05) is 22.6 Å². The van der Waals surface area contributed by atoms with E-state index in [1.807, 2.05) is 86.0 Å². The van der Waals surface area contributed by atoms with Crippen molar-refractivity contribution >= 4 is 55.9 Å². The van der Waals surface area contributed by atoms with Gasteiger partial charge in [-0.3, -0.25) is 14.5 Å². The summed E-state index contributed by atoms with van der Waals surface area (Å²) >= 11 is 3.16. The Kier molecular flexibility index (Phi) is 6.39. The number of benzene rings is 3. The highest BCUT2D eigenvalue weighted by Crippen LogP contribution is 2.34. The molecule has 0 bridgehead atoms. The standard InChI is InChI=1S/C27H25N3O2S2/c1-18-8-6-13-23-25(18)28-27(34-23)30(16-19-9-4-3-5-10-19)26(32)20-14-24(31)29(17-20)21-11-7-12-22(15-21)33-2/h3-13,15,20H,14,16-17H2,1-2H3/t20-/m1/s1. The molecular formula is C27H25N3O2S2. The lowest BCUT2D eigenvalue weighted by molar-refractivity contribution is -0.124. The maximum absolute atomic E-state index is 13.9. The second-order valence-electron chi connectivity index (χ2n) is 8.43. The van der Waals surface area contributed by atoms with Crippen LogP contribution < -0.4 is 9.80 Å². The van der Waals surface area contributed by atoms with Crippen LogP contribution in [0, 0.1) is 12.8 Å². The van der Waals surface area contributed by atoms with Crippen LogP contribution in [-0.4, -0.2) is 29.6 Å². The van der Waals surface area contributed by atoms with Gasteiger partial charge in [0.05, 0.1) is 22.7 Å². The van der Waals surface area contributed by atoms with Crippen LogP contribution in [0.5, 0.6) is 0 Å². The summed E-state index contributed by atoms with van der Waals surface area (Å²) in [7, 11) is 0. The van der Waals surface area contributed by atoms with Crippen LogP contribution in [-0.2, 0) is 16.1 Å². The fourth-order valence-corrected chi connectivity index (χ4v) is 5.82. The van der Waals surface area contributed by atoms with Crippen molar-refractivity contribution in [3.8, 4) is 0 Å². The zero-order valence-electron chi connectivity index (χ0n) is 19.1. The zero-order chi connectivity index (χ0) is 23.7. The summed E-state index contributed by atoms with van der Waals surface area (Å²) in [5.41, 5.74) is 3.88. The van der Waals surface area contributed by atoms with Gasteiger partial charge in [0.2, 0.25) is 11.8 Å². The molecule has 5 rings (SSSR count). The molecule has 7 heteroatoms. The molecule has 1 aromatic heterocycles. The average molecular weight is 488 g/mol. The number of nitrogens with zero attached hydrogens (tertiary/aromatic N) is 3. The zero-order valence-corrected chi connectivity index (χ0v) is 20.7. The molecule has 1 saturated heterocycles. The molecule has 0 saturated carbocycles. The van der Waals surface area contributed by atoms with Gasteiger partial charge in [-0.2, -0.15) is 0 Å². The van der Waals surface area contributed by atoms with Gasteiger partial charge in [0.25, 0.3) is 0 Å². The van der Waals surface area contributed by atoms with Gasteiger partial charge < -0.3 is 4.90 Å². The van der Waals surface area contributed by atoms with Gasteiger partial charge in [-0.05, 0) is 48.6 Å². The van der Waals surface area contributed by atoms with Crippen LogP contribution in [0.15, 0.2) is 77.7 Å². The lowest BCUT2D eigenvalue weighted by Crippen LogP contribution is -2.37. The molecule has 0 radical (unpaired) electrons. The van der Waals surface area contributed by atoms with Crippen LogP contribution in [0.1, 0.15) is 17.5 Å². The molecule has 34 heavy (non-hydrogen) atoms. The second-order valence-corrected chi connectivity index (χ2v) is 10.3. The summed E-state index contributed by atoms with van der Waals surface area (Å²) in [4.78, 5) is 36.2. The number of amides is 2. The summed E-state index contributed by atoms with van der Waals surface area (Å²) in [5, 5.41) is 0.674. The Bertz CT molecular complexity index is 1350. The van der Waals surface area contributed by atoms with Gasteiger partial charge >= 0.3 is 0 Å². The molecular weight excluding hydrogens is 462 g/mol. The van der Waals surface area contributed by atoms with Gasteiger partial charge in [0.1, 0.15) is 0 Å². The first-order chi connectivity index (χ1) is 16.5. The number of anilines is 2. The average Bonchev–Trinajstić information content (AvgIpc) is 3.47. The highest BCUT2D eigenvalue weighted by atomic mass is 32.2. The number of rotatable bonds is 6. The Balaban J connectivity index is 1.46. The third kappa shape index (κ3) is 4.45. The molecule has 2 amide bonds. The molecule has 0 aliphatic carbocycles. The Morgan fingerprint density at radius 3 is 2.68 bits per heavy atom. The number of thioether (sulfide) groups is 1. The molecule has 0 unspecified atom stereocenters. The summed E-state index contributed by atoms with van der Waals surface area (Å²) in [6, 6.07) is 23.9. The van der Waals surface area contributed by atoms with E-state index in [0.29, 0.717) is 18.2 Å². The van der Waals surface area contributed by atoms with E-state index < -0.39 is 5.92 Å². The maximum atomic E-state index is 13.9. The molecule has 0 N–H and O–H groups in total. The highest BCUT2D eigenvalue weighted by molar-refractivity contribution is 7.98. The van der Waals surface area contributed by atoms with Gasteiger partial charge in [-0.25, -0.2) is 4.98 Å².